The van der Waals surface area contributed by atoms with Crippen LogP contribution in [0.3, 0.4) is 0 Å². The van der Waals surface area contributed by atoms with Crippen LogP contribution in [0.25, 0.3) is 0 Å². The maximum atomic E-state index is 13.2. The number of carbonyl (C=O) groups excluding carboxylic acids is 2. The number of aliphatic hydroxyl groups is 2. The third-order valence-corrected chi connectivity index (χ3v) is 12.1. The number of nitrogens with one attached hydrogen (secondary N) is 1. The number of hydrogen-bond donors (Lipinski definition) is 3. The van der Waals surface area contributed by atoms with Crippen molar-refractivity contribution in [3.05, 3.63) is 72.9 Å². The number of carbonyl (C=O) groups is 2. The second kappa shape index (κ2) is 51.3. The average Bonchev–Trinajstić information content (AvgIpc) is 3.29. The van der Waals surface area contributed by atoms with Crippen LogP contribution < -0.4 is 5.32 Å². The Labute approximate surface area is 396 Å². The summed E-state index contributed by atoms with van der Waals surface area (Å²) in [6, 6.07) is -0.720. The quantitative estimate of drug-likeness (QED) is 0.0245. The van der Waals surface area contributed by atoms with Gasteiger partial charge in [-0.15, -0.1) is 0 Å². The van der Waals surface area contributed by atoms with E-state index in [1.807, 2.05) is 36.5 Å². The third-order valence-electron chi connectivity index (χ3n) is 12.1. The van der Waals surface area contributed by atoms with Crippen molar-refractivity contribution in [3.63, 3.8) is 0 Å². The number of esters is 1. The second-order valence-corrected chi connectivity index (χ2v) is 18.4. The Balaban J connectivity index is 4.67. The molecular weight excluding hydrogens is 791 g/mol. The van der Waals surface area contributed by atoms with Crippen molar-refractivity contribution in [1.29, 1.82) is 0 Å². The first-order valence-corrected chi connectivity index (χ1v) is 27.2. The highest BCUT2D eigenvalue weighted by molar-refractivity contribution is 5.77. The Morgan fingerprint density at radius 1 is 0.453 bits per heavy atom. The summed E-state index contributed by atoms with van der Waals surface area (Å²) < 4.78 is 5.93. The van der Waals surface area contributed by atoms with Crippen molar-refractivity contribution >= 4 is 11.9 Å². The van der Waals surface area contributed by atoms with Gasteiger partial charge in [-0.3, -0.25) is 9.59 Å². The predicted octanol–water partition coefficient (Wildman–Crippen LogP) is 16.6. The van der Waals surface area contributed by atoms with E-state index in [9.17, 15) is 19.8 Å². The summed E-state index contributed by atoms with van der Waals surface area (Å²) in [6.45, 7) is 6.38. The van der Waals surface area contributed by atoms with E-state index in [4.69, 9.17) is 4.74 Å². The van der Waals surface area contributed by atoms with Crippen LogP contribution in [0.1, 0.15) is 258 Å². The number of rotatable bonds is 48. The van der Waals surface area contributed by atoms with Crippen LogP contribution in [-0.4, -0.2) is 46.9 Å². The van der Waals surface area contributed by atoms with Gasteiger partial charge in [-0.25, -0.2) is 0 Å². The molecule has 0 spiro atoms. The molecule has 0 radical (unpaired) electrons. The summed E-state index contributed by atoms with van der Waals surface area (Å²) in [5.41, 5.74) is 0. The minimum absolute atomic E-state index is 0.0441. The Bertz CT molecular complexity index is 1190. The number of amides is 1. The lowest BCUT2D eigenvalue weighted by Gasteiger charge is -2.24. The van der Waals surface area contributed by atoms with E-state index in [1.54, 1.807) is 0 Å². The number of hydrogen-bond acceptors (Lipinski definition) is 5. The average molecular weight is 894 g/mol. The van der Waals surface area contributed by atoms with Gasteiger partial charge >= 0.3 is 5.97 Å². The number of ether oxygens (including phenoxy) is 1. The van der Waals surface area contributed by atoms with E-state index in [1.165, 1.54) is 135 Å². The molecule has 0 heterocycles. The molecule has 0 aromatic rings. The molecule has 0 saturated heterocycles. The Morgan fingerprint density at radius 3 is 1.33 bits per heavy atom. The molecule has 0 aliphatic carbocycles. The zero-order chi connectivity index (χ0) is 46.7. The lowest BCUT2D eigenvalue weighted by Crippen LogP contribution is -2.46. The zero-order valence-electron chi connectivity index (χ0n) is 42.1. The summed E-state index contributed by atoms with van der Waals surface area (Å²) in [4.78, 5) is 26.2. The summed E-state index contributed by atoms with van der Waals surface area (Å²) >= 11 is 0. The fourth-order valence-electron chi connectivity index (χ4n) is 7.98. The number of allylic oxidation sites excluding steroid dienone is 12. The molecule has 0 bridgehead atoms. The molecule has 0 aliphatic heterocycles. The van der Waals surface area contributed by atoms with Gasteiger partial charge in [0, 0.05) is 6.42 Å². The molecule has 0 aromatic heterocycles. The first-order chi connectivity index (χ1) is 31.5. The highest BCUT2D eigenvalue weighted by Gasteiger charge is 2.24. The molecule has 370 valence electrons. The van der Waals surface area contributed by atoms with Crippen LogP contribution in [0.2, 0.25) is 0 Å². The van der Waals surface area contributed by atoms with Crippen LogP contribution in [0.5, 0.6) is 0 Å². The van der Waals surface area contributed by atoms with E-state index < -0.39 is 18.2 Å². The molecule has 0 rings (SSSR count). The van der Waals surface area contributed by atoms with Gasteiger partial charge in [0.05, 0.1) is 25.2 Å². The minimum atomic E-state index is -0.803. The third kappa shape index (κ3) is 45.9. The van der Waals surface area contributed by atoms with Crippen LogP contribution in [0, 0.1) is 0 Å². The summed E-state index contributed by atoms with van der Waals surface area (Å²) in [6.07, 6.45) is 65.3. The van der Waals surface area contributed by atoms with Crippen LogP contribution in [-0.2, 0) is 14.3 Å². The lowest BCUT2D eigenvalue weighted by atomic mass is 10.0. The molecule has 3 atom stereocenters. The Morgan fingerprint density at radius 2 is 0.844 bits per heavy atom. The molecule has 0 saturated carbocycles. The standard InChI is InChI=1S/C58H103NO5/c1-4-7-10-13-16-19-22-24-26-28-29-31-33-36-39-42-45-48-51-58(63)64-54(49-46-43-40-37-35-32-30-27-25-23-20-17-14-11-8-5-2)52-57(62)59-55(53-60)56(61)50-47-44-41-38-34-21-18-15-12-9-6-3/h11,14,17,20,23,25,27,29-32,35,54-56,60-61H,4-10,12-13,15-16,18-19,21-22,24,26,28,33-34,36-53H2,1-3H3,(H,59,62)/b14-11+,20-17+,25-23+,30-27+,31-29+,35-32+. The Kier molecular flexibility index (Phi) is 49.1. The van der Waals surface area contributed by atoms with E-state index in [0.717, 1.165) is 77.0 Å². The van der Waals surface area contributed by atoms with Gasteiger partial charge in [0.15, 0.2) is 0 Å². The van der Waals surface area contributed by atoms with Crippen molar-refractivity contribution in [3.8, 4) is 0 Å². The molecule has 3 unspecified atom stereocenters. The molecule has 1 amide bonds. The maximum Gasteiger partial charge on any atom is 0.306 e. The van der Waals surface area contributed by atoms with Crippen molar-refractivity contribution in [2.24, 2.45) is 0 Å². The van der Waals surface area contributed by atoms with Crippen LogP contribution in [0.4, 0.5) is 0 Å². The van der Waals surface area contributed by atoms with Gasteiger partial charge in [-0.2, -0.15) is 0 Å². The van der Waals surface area contributed by atoms with Crippen molar-refractivity contribution < 1.29 is 24.5 Å². The van der Waals surface area contributed by atoms with Crippen LogP contribution >= 0.6 is 0 Å². The highest BCUT2D eigenvalue weighted by Crippen LogP contribution is 2.17. The van der Waals surface area contributed by atoms with E-state index in [-0.39, 0.29) is 24.9 Å². The van der Waals surface area contributed by atoms with E-state index in [2.05, 4.69) is 62.5 Å². The van der Waals surface area contributed by atoms with Crippen LogP contribution in [0.15, 0.2) is 72.9 Å². The van der Waals surface area contributed by atoms with Crippen molar-refractivity contribution in [1.82, 2.24) is 5.32 Å². The van der Waals surface area contributed by atoms with Gasteiger partial charge in [-0.05, 0) is 70.6 Å². The predicted molar refractivity (Wildman–Crippen MR) is 278 cm³/mol. The monoisotopic (exact) mass is 894 g/mol. The molecule has 0 aromatic carbocycles. The largest absolute Gasteiger partial charge is 0.462 e. The molecule has 6 nitrogen and oxygen atoms in total. The molecular formula is C58H103NO5. The van der Waals surface area contributed by atoms with E-state index >= 15 is 0 Å². The van der Waals surface area contributed by atoms with Crippen molar-refractivity contribution in [2.75, 3.05) is 6.61 Å². The van der Waals surface area contributed by atoms with Gasteiger partial charge in [0.25, 0.3) is 0 Å². The Hall–Kier alpha value is -2.70. The highest BCUT2D eigenvalue weighted by atomic mass is 16.5. The summed E-state index contributed by atoms with van der Waals surface area (Å²) in [5.74, 6) is -0.524. The topological polar surface area (TPSA) is 95.9 Å². The van der Waals surface area contributed by atoms with Gasteiger partial charge in [0.1, 0.15) is 6.10 Å². The SMILES string of the molecule is CCC/C=C/C=C/C=C/C=C/C=C/CCCCCC(CC(=O)NC(CO)C(O)CCCCCCCCCCCCC)OC(=O)CCCCCCC/C=C/CCCCCCCCCCC. The van der Waals surface area contributed by atoms with Crippen molar-refractivity contribution in [2.45, 2.75) is 277 Å². The van der Waals surface area contributed by atoms with Gasteiger partial charge < -0.3 is 20.3 Å². The first-order valence-electron chi connectivity index (χ1n) is 27.2. The second-order valence-electron chi connectivity index (χ2n) is 18.4. The smallest absolute Gasteiger partial charge is 0.306 e. The van der Waals surface area contributed by atoms with Gasteiger partial charge in [-0.1, -0.05) is 248 Å². The molecule has 64 heavy (non-hydrogen) atoms. The lowest BCUT2D eigenvalue weighted by molar-refractivity contribution is -0.151. The fourth-order valence-corrected chi connectivity index (χ4v) is 7.98. The molecule has 0 fully saturated rings. The normalized spacial score (nSPS) is 13.8. The number of unbranched alkanes of at least 4 members (excludes halogenated alkanes) is 28. The molecule has 3 N–H and O–H groups in total. The first kappa shape index (κ1) is 61.3. The minimum Gasteiger partial charge on any atom is -0.462 e. The number of aliphatic hydroxyl groups excluding tert-OH is 2. The van der Waals surface area contributed by atoms with E-state index in [0.29, 0.717) is 19.3 Å². The fraction of sp³-hybridized carbons (Fsp3) is 0.759. The molecule has 0 aliphatic rings. The zero-order valence-corrected chi connectivity index (χ0v) is 42.1. The summed E-state index contributed by atoms with van der Waals surface area (Å²) in [7, 11) is 0. The maximum absolute atomic E-state index is 13.2. The summed E-state index contributed by atoms with van der Waals surface area (Å²) in [5, 5.41) is 23.8. The van der Waals surface area contributed by atoms with Gasteiger partial charge in [0.2, 0.25) is 5.91 Å². The molecule has 6 heteroatoms.